The third-order valence-electron chi connectivity index (χ3n) is 4.09. The Morgan fingerprint density at radius 1 is 1.40 bits per heavy atom. The molecule has 0 aliphatic heterocycles. The predicted molar refractivity (Wildman–Crippen MR) is 85.9 cm³/mol. The van der Waals surface area contributed by atoms with Gasteiger partial charge in [0.2, 0.25) is 0 Å². The van der Waals surface area contributed by atoms with E-state index < -0.39 is 40.8 Å². The summed E-state index contributed by atoms with van der Waals surface area (Å²) in [5.41, 5.74) is 3.98. The van der Waals surface area contributed by atoms with E-state index >= 15 is 0 Å². The summed E-state index contributed by atoms with van der Waals surface area (Å²) in [7, 11) is 0. The molecule has 25 heavy (non-hydrogen) atoms. The van der Waals surface area contributed by atoms with Crippen molar-refractivity contribution in [1.29, 1.82) is 0 Å². The third-order valence-corrected chi connectivity index (χ3v) is 4.09. The molecular weight excluding hydrogens is 332 g/mol. The Morgan fingerprint density at radius 3 is 2.60 bits per heavy atom. The average Bonchev–Trinajstić information content (AvgIpc) is 2.51. The van der Waals surface area contributed by atoms with Crippen molar-refractivity contribution < 1.29 is 29.2 Å². The number of hydrogen-bond acceptors (Lipinski definition) is 7. The van der Waals surface area contributed by atoms with Gasteiger partial charge < -0.3 is 20.5 Å². The predicted octanol–water partition coefficient (Wildman–Crippen LogP) is 0.243. The lowest BCUT2D eigenvalue weighted by Gasteiger charge is -2.20. The Hall–Kier alpha value is -2.94. The van der Waals surface area contributed by atoms with E-state index in [0.717, 1.165) is 0 Å². The number of hydrogen-bond donors (Lipinski definition) is 3. The molecule has 0 aliphatic carbocycles. The number of phenolic OH excluding ortho intramolecular Hbond substituents is 1. The highest BCUT2D eigenvalue weighted by molar-refractivity contribution is 5.85. The van der Waals surface area contributed by atoms with Crippen molar-refractivity contribution in [3.8, 4) is 5.75 Å². The second-order valence-corrected chi connectivity index (χ2v) is 5.96. The normalized spacial score (nSPS) is 14.8. The molecule has 0 amide bonds. The van der Waals surface area contributed by atoms with Crippen LogP contribution in [-0.2, 0) is 9.59 Å². The lowest BCUT2D eigenvalue weighted by molar-refractivity contribution is -0.800. The number of para-hydroxylation sites is 1. The Kier molecular flexibility index (Phi) is 5.07. The number of Topliss-reactive ketones (excluding diaryl/α,β-unsaturated/α-hetero) is 1. The molecule has 9 heteroatoms. The zero-order valence-corrected chi connectivity index (χ0v) is 13.6. The van der Waals surface area contributed by atoms with Gasteiger partial charge >= 0.3 is 11.7 Å². The topological polar surface area (TPSA) is 158 Å². The van der Waals surface area contributed by atoms with Gasteiger partial charge in [0.15, 0.2) is 0 Å². The van der Waals surface area contributed by atoms with E-state index in [1.165, 1.54) is 32.0 Å². The fraction of sp³-hybridized carbons (Fsp3) is 0.375. The number of nitrogens with two attached hydrogens (primary N) is 1. The van der Waals surface area contributed by atoms with Crippen LogP contribution in [0.2, 0.25) is 0 Å². The molecule has 0 aliphatic rings. The van der Waals surface area contributed by atoms with Crippen LogP contribution in [0.3, 0.4) is 0 Å². The molecule has 2 rings (SSSR count). The van der Waals surface area contributed by atoms with Crippen LogP contribution in [0.4, 0.5) is 0 Å². The standard InChI is InChI=1S/C16H18N2O7/c1-7(6-10(17)16(22)23)12(8(2)19)13-14(21)9-4-3-5-11(20)15(9)25-18(13)24/h3-5,7,10,12,20H,6,17H2,1-2H3,(H,22,23)/t7?,10-,12?/m0/s1. The first-order valence-electron chi connectivity index (χ1n) is 7.52. The molecule has 9 nitrogen and oxygen atoms in total. The highest BCUT2D eigenvalue weighted by atomic mass is 16.7. The Morgan fingerprint density at radius 2 is 2.04 bits per heavy atom. The van der Waals surface area contributed by atoms with Gasteiger partial charge in [-0.1, -0.05) is 13.0 Å². The fourth-order valence-corrected chi connectivity index (χ4v) is 2.91. The fourth-order valence-electron chi connectivity index (χ4n) is 2.91. The summed E-state index contributed by atoms with van der Waals surface area (Å²) >= 11 is 0. The summed E-state index contributed by atoms with van der Waals surface area (Å²) < 4.78 is 4.95. The third kappa shape index (κ3) is 3.45. The van der Waals surface area contributed by atoms with E-state index in [1.54, 1.807) is 0 Å². The molecule has 0 saturated carbocycles. The number of nitrogens with zero attached hydrogens (tertiary/aromatic N) is 1. The Labute approximate surface area is 141 Å². The minimum absolute atomic E-state index is 0.0527. The number of rotatable bonds is 6. The molecule has 1 heterocycles. The number of carbonyl (C=O) groups is 2. The summed E-state index contributed by atoms with van der Waals surface area (Å²) in [5.74, 6) is -4.01. The molecule has 1 aromatic carbocycles. The molecular formula is C16H18N2O7. The number of phenols is 1. The SMILES string of the molecule is CC(=O)C(c1c(=O)c2cccc(O)c2o[n+]1[O-])C(C)C[C@H](N)C(=O)O. The van der Waals surface area contributed by atoms with Gasteiger partial charge in [0, 0.05) is 0 Å². The maximum absolute atomic E-state index is 12.7. The minimum atomic E-state index is -1.25. The summed E-state index contributed by atoms with van der Waals surface area (Å²) in [6.07, 6.45) is -0.114. The lowest BCUT2D eigenvalue weighted by Crippen LogP contribution is -2.44. The molecule has 0 spiro atoms. The van der Waals surface area contributed by atoms with Crippen LogP contribution < -0.4 is 16.1 Å². The van der Waals surface area contributed by atoms with Gasteiger partial charge in [0.05, 0.1) is 10.3 Å². The monoisotopic (exact) mass is 350 g/mol. The van der Waals surface area contributed by atoms with Crippen LogP contribution in [-0.4, -0.2) is 28.0 Å². The molecule has 4 N–H and O–H groups in total. The smallest absolute Gasteiger partial charge is 0.320 e. The van der Waals surface area contributed by atoms with Crippen molar-refractivity contribution in [1.82, 2.24) is 0 Å². The van der Waals surface area contributed by atoms with Crippen LogP contribution in [0.5, 0.6) is 5.75 Å². The van der Waals surface area contributed by atoms with Gasteiger partial charge in [-0.15, -0.1) is 0 Å². The molecule has 0 radical (unpaired) electrons. The molecule has 0 bridgehead atoms. The summed E-state index contributed by atoms with van der Waals surface area (Å²) in [4.78, 5) is 35.6. The Bertz CT molecular complexity index is 890. The number of carboxylic acid groups (broad SMARTS) is 1. The lowest BCUT2D eigenvalue weighted by atomic mass is 9.83. The van der Waals surface area contributed by atoms with Gasteiger partial charge in [0.1, 0.15) is 29.1 Å². The van der Waals surface area contributed by atoms with Gasteiger partial charge in [0.25, 0.3) is 5.43 Å². The first-order valence-corrected chi connectivity index (χ1v) is 7.52. The first kappa shape index (κ1) is 18.4. The van der Waals surface area contributed by atoms with Gasteiger partial charge in [-0.25, -0.2) is 0 Å². The van der Waals surface area contributed by atoms with E-state index in [-0.39, 0.29) is 28.0 Å². The quantitative estimate of drug-likeness (QED) is 0.625. The van der Waals surface area contributed by atoms with Gasteiger partial charge in [-0.3, -0.25) is 19.6 Å². The highest BCUT2D eigenvalue weighted by Gasteiger charge is 2.37. The molecule has 3 atom stereocenters. The van der Waals surface area contributed by atoms with E-state index in [4.69, 9.17) is 15.4 Å². The molecule has 134 valence electrons. The summed E-state index contributed by atoms with van der Waals surface area (Å²) in [5, 5.41) is 30.8. The summed E-state index contributed by atoms with van der Waals surface area (Å²) in [6.45, 7) is 2.72. The largest absolute Gasteiger partial charge is 0.506 e. The first-order chi connectivity index (χ1) is 11.6. The van der Waals surface area contributed by atoms with E-state index in [2.05, 4.69) is 0 Å². The van der Waals surface area contributed by atoms with Crippen LogP contribution in [0.25, 0.3) is 11.0 Å². The maximum Gasteiger partial charge on any atom is 0.320 e. The number of benzene rings is 1. The van der Waals surface area contributed by atoms with E-state index in [1.807, 2.05) is 0 Å². The Balaban J connectivity index is 2.61. The molecule has 2 aromatic rings. The number of aromatic hydroxyl groups is 1. The van der Waals surface area contributed by atoms with Gasteiger partial charge in [-0.2, -0.15) is 0 Å². The zero-order chi connectivity index (χ0) is 18.9. The number of carboxylic acids is 1. The highest BCUT2D eigenvalue weighted by Crippen LogP contribution is 2.27. The van der Waals surface area contributed by atoms with Gasteiger partial charge in [-0.05, 0) is 31.4 Å². The zero-order valence-electron chi connectivity index (χ0n) is 13.6. The van der Waals surface area contributed by atoms with E-state index in [0.29, 0.717) is 0 Å². The minimum Gasteiger partial charge on any atom is -0.506 e. The molecule has 2 unspecified atom stereocenters. The van der Waals surface area contributed by atoms with Crippen molar-refractivity contribution in [2.75, 3.05) is 0 Å². The number of aromatic nitrogens is 1. The number of ketones is 1. The summed E-state index contributed by atoms with van der Waals surface area (Å²) in [6, 6.07) is 2.77. The van der Waals surface area contributed by atoms with Crippen molar-refractivity contribution in [3.05, 3.63) is 39.3 Å². The second kappa shape index (κ2) is 6.89. The van der Waals surface area contributed by atoms with Crippen molar-refractivity contribution >= 4 is 22.7 Å². The average molecular weight is 350 g/mol. The number of carbonyl (C=O) groups excluding carboxylic acids is 1. The van der Waals surface area contributed by atoms with Crippen LogP contribution in [0.15, 0.2) is 27.5 Å². The second-order valence-electron chi connectivity index (χ2n) is 5.96. The number of fused-ring (bicyclic) bond motifs is 1. The van der Waals surface area contributed by atoms with Crippen LogP contribution in [0, 0.1) is 11.1 Å². The number of aliphatic carboxylic acids is 1. The van der Waals surface area contributed by atoms with E-state index in [9.17, 15) is 24.7 Å². The molecule has 0 fully saturated rings. The van der Waals surface area contributed by atoms with Crippen LogP contribution in [0.1, 0.15) is 31.9 Å². The van der Waals surface area contributed by atoms with Crippen LogP contribution >= 0.6 is 0 Å². The van der Waals surface area contributed by atoms with Crippen molar-refractivity contribution in [2.24, 2.45) is 11.7 Å². The molecule has 1 aromatic heterocycles. The van der Waals surface area contributed by atoms with Crippen molar-refractivity contribution in [3.63, 3.8) is 0 Å². The molecule has 0 saturated heterocycles. The van der Waals surface area contributed by atoms with Crippen molar-refractivity contribution in [2.45, 2.75) is 32.2 Å². The maximum atomic E-state index is 12.7.